The third-order valence-electron chi connectivity index (χ3n) is 6.04. The number of aliphatic hydroxyl groups is 1. The lowest BCUT2D eigenvalue weighted by Crippen LogP contribution is -2.53. The molecule has 4 rings (SSSR count). The van der Waals surface area contributed by atoms with Gasteiger partial charge in [0.05, 0.1) is 28.9 Å². The molecule has 7 nitrogen and oxygen atoms in total. The molecular weight excluding hydrogens is 352 g/mol. The number of aryl methyl sites for hydroxylation is 3. The van der Waals surface area contributed by atoms with Gasteiger partial charge in [-0.2, -0.15) is 0 Å². The number of aromatic nitrogens is 3. The van der Waals surface area contributed by atoms with E-state index in [-0.39, 0.29) is 12.1 Å². The summed E-state index contributed by atoms with van der Waals surface area (Å²) in [6.45, 7) is 12.1. The van der Waals surface area contributed by atoms with Crippen molar-refractivity contribution in [2.24, 2.45) is 0 Å². The predicted octanol–water partition coefficient (Wildman–Crippen LogP) is 1.16. The minimum absolute atomic E-state index is 0.186. The van der Waals surface area contributed by atoms with Crippen LogP contribution in [0.15, 0.2) is 24.4 Å². The van der Waals surface area contributed by atoms with Gasteiger partial charge < -0.3 is 10.0 Å². The number of rotatable bonds is 4. The van der Waals surface area contributed by atoms with Crippen LogP contribution in [0, 0.1) is 20.8 Å². The van der Waals surface area contributed by atoms with Gasteiger partial charge in [-0.25, -0.2) is 4.98 Å². The van der Waals surface area contributed by atoms with Crippen molar-refractivity contribution >= 4 is 5.82 Å². The molecule has 0 saturated carbocycles. The first-order valence-corrected chi connectivity index (χ1v) is 10.1. The summed E-state index contributed by atoms with van der Waals surface area (Å²) in [4.78, 5) is 20.9. The summed E-state index contributed by atoms with van der Waals surface area (Å²) in [6, 6.07) is 6.23. The molecule has 1 N–H and O–H groups in total. The fourth-order valence-electron chi connectivity index (χ4n) is 4.28. The molecule has 0 spiro atoms. The van der Waals surface area contributed by atoms with Crippen molar-refractivity contribution in [2.75, 3.05) is 44.2 Å². The number of β-amino-alcohol motifs (C(OH)–C–C–N with tert-alkyl or cyclic N) is 1. The van der Waals surface area contributed by atoms with E-state index < -0.39 is 0 Å². The van der Waals surface area contributed by atoms with Crippen LogP contribution in [0.3, 0.4) is 0 Å². The zero-order chi connectivity index (χ0) is 19.7. The highest BCUT2D eigenvalue weighted by molar-refractivity contribution is 5.38. The van der Waals surface area contributed by atoms with Gasteiger partial charge in [-0.15, -0.1) is 0 Å². The molecule has 4 heterocycles. The number of likely N-dealkylation sites (tertiary alicyclic amines) is 1. The van der Waals surface area contributed by atoms with E-state index in [1.54, 1.807) is 0 Å². The van der Waals surface area contributed by atoms with Crippen LogP contribution in [-0.4, -0.2) is 81.3 Å². The van der Waals surface area contributed by atoms with E-state index in [0.29, 0.717) is 6.54 Å². The van der Waals surface area contributed by atoms with Crippen molar-refractivity contribution in [1.29, 1.82) is 0 Å². The first-order chi connectivity index (χ1) is 13.5. The highest BCUT2D eigenvalue weighted by atomic mass is 16.3. The quantitative estimate of drug-likeness (QED) is 0.851. The van der Waals surface area contributed by atoms with Gasteiger partial charge in [0, 0.05) is 58.1 Å². The van der Waals surface area contributed by atoms with Crippen LogP contribution >= 0.6 is 0 Å². The fourth-order valence-corrected chi connectivity index (χ4v) is 4.28. The van der Waals surface area contributed by atoms with Crippen molar-refractivity contribution in [3.8, 4) is 0 Å². The van der Waals surface area contributed by atoms with Crippen molar-refractivity contribution in [3.05, 3.63) is 47.2 Å². The van der Waals surface area contributed by atoms with E-state index in [0.717, 1.165) is 67.9 Å². The largest absolute Gasteiger partial charge is 0.390 e. The minimum atomic E-state index is -0.318. The topological polar surface area (TPSA) is 68.6 Å². The average molecular weight is 383 g/mol. The molecule has 0 aliphatic carbocycles. The van der Waals surface area contributed by atoms with Gasteiger partial charge in [-0.1, -0.05) is 6.07 Å². The van der Waals surface area contributed by atoms with Crippen LogP contribution in [0.4, 0.5) is 5.82 Å². The van der Waals surface area contributed by atoms with Gasteiger partial charge in [0.2, 0.25) is 0 Å². The minimum Gasteiger partial charge on any atom is -0.390 e. The molecule has 28 heavy (non-hydrogen) atoms. The van der Waals surface area contributed by atoms with Crippen LogP contribution in [0.2, 0.25) is 0 Å². The molecule has 0 amide bonds. The molecule has 2 aromatic heterocycles. The first kappa shape index (κ1) is 19.2. The van der Waals surface area contributed by atoms with Gasteiger partial charge in [0.1, 0.15) is 5.82 Å². The Morgan fingerprint density at radius 1 is 0.964 bits per heavy atom. The Hall–Kier alpha value is -2.09. The summed E-state index contributed by atoms with van der Waals surface area (Å²) in [5, 5.41) is 10.7. The summed E-state index contributed by atoms with van der Waals surface area (Å²) >= 11 is 0. The lowest BCUT2D eigenvalue weighted by atomic mass is 10.1. The van der Waals surface area contributed by atoms with E-state index in [9.17, 15) is 5.11 Å². The number of hydrogen-bond acceptors (Lipinski definition) is 7. The average Bonchev–Trinajstić information content (AvgIpc) is 3.07. The zero-order valence-electron chi connectivity index (χ0n) is 17.0. The predicted molar refractivity (Wildman–Crippen MR) is 109 cm³/mol. The van der Waals surface area contributed by atoms with Gasteiger partial charge >= 0.3 is 0 Å². The molecule has 0 bridgehead atoms. The second-order valence-electron chi connectivity index (χ2n) is 7.97. The monoisotopic (exact) mass is 382 g/mol. The Bertz CT molecular complexity index is 806. The maximum atomic E-state index is 10.7. The highest BCUT2D eigenvalue weighted by Crippen LogP contribution is 2.22. The molecule has 2 aromatic rings. The van der Waals surface area contributed by atoms with Gasteiger partial charge in [-0.05, 0) is 32.9 Å². The van der Waals surface area contributed by atoms with Crippen LogP contribution in [0.1, 0.15) is 22.8 Å². The number of pyridine rings is 1. The summed E-state index contributed by atoms with van der Waals surface area (Å²) in [7, 11) is 0. The van der Waals surface area contributed by atoms with E-state index in [1.165, 1.54) is 0 Å². The van der Waals surface area contributed by atoms with E-state index in [2.05, 4.69) is 30.7 Å². The number of nitrogens with zero attached hydrogens (tertiary/aromatic N) is 6. The van der Waals surface area contributed by atoms with E-state index >= 15 is 0 Å². The molecule has 0 unspecified atom stereocenters. The van der Waals surface area contributed by atoms with E-state index in [1.807, 2.05) is 39.1 Å². The summed E-state index contributed by atoms with van der Waals surface area (Å²) < 4.78 is 0. The second kappa shape index (κ2) is 8.11. The van der Waals surface area contributed by atoms with Crippen molar-refractivity contribution < 1.29 is 5.11 Å². The lowest BCUT2D eigenvalue weighted by molar-refractivity contribution is 0.0790. The van der Waals surface area contributed by atoms with Crippen LogP contribution in [0.5, 0.6) is 0 Å². The molecule has 0 aromatic carbocycles. The SMILES string of the molecule is Cc1nc(C)c(CN2C[C@H](O)[C@@H](N3CCN(c4ccccn4)CC3)C2)nc1C. The molecule has 7 heteroatoms. The fraction of sp³-hybridized carbons (Fsp3) is 0.571. The van der Waals surface area contributed by atoms with Crippen molar-refractivity contribution in [2.45, 2.75) is 39.5 Å². The van der Waals surface area contributed by atoms with E-state index in [4.69, 9.17) is 4.98 Å². The number of hydrogen-bond donors (Lipinski definition) is 1. The molecule has 2 fully saturated rings. The summed E-state index contributed by atoms with van der Waals surface area (Å²) in [5.41, 5.74) is 4.00. The van der Waals surface area contributed by atoms with Crippen LogP contribution in [-0.2, 0) is 6.54 Å². The Morgan fingerprint density at radius 2 is 1.71 bits per heavy atom. The summed E-state index contributed by atoms with van der Waals surface area (Å²) in [6.07, 6.45) is 1.53. The normalized spacial score (nSPS) is 24.1. The standard InChI is InChI=1S/C21H30N6O/c1-15-16(2)24-18(17(3)23-15)12-25-13-19(20(28)14-25)26-8-10-27(11-9-26)21-6-4-5-7-22-21/h4-7,19-20,28H,8-14H2,1-3H3/t19-,20-/m0/s1. The molecule has 2 saturated heterocycles. The Labute approximate surface area is 167 Å². The van der Waals surface area contributed by atoms with Crippen LogP contribution in [0.25, 0.3) is 0 Å². The zero-order valence-corrected chi connectivity index (χ0v) is 17.0. The van der Waals surface area contributed by atoms with Gasteiger partial charge in [-0.3, -0.25) is 19.8 Å². The lowest BCUT2D eigenvalue weighted by Gasteiger charge is -2.39. The number of anilines is 1. The Balaban J connectivity index is 1.35. The molecule has 2 aliphatic rings. The Kier molecular flexibility index (Phi) is 5.57. The third kappa shape index (κ3) is 4.01. The first-order valence-electron chi connectivity index (χ1n) is 10.1. The second-order valence-corrected chi connectivity index (χ2v) is 7.97. The molecular formula is C21H30N6O. The Morgan fingerprint density at radius 3 is 2.43 bits per heavy atom. The summed E-state index contributed by atoms with van der Waals surface area (Å²) in [5.74, 6) is 1.04. The molecule has 0 radical (unpaired) electrons. The van der Waals surface area contributed by atoms with Crippen LogP contribution < -0.4 is 4.90 Å². The van der Waals surface area contributed by atoms with Crippen molar-refractivity contribution in [1.82, 2.24) is 24.8 Å². The molecule has 150 valence electrons. The molecule has 2 atom stereocenters. The smallest absolute Gasteiger partial charge is 0.128 e. The maximum absolute atomic E-state index is 10.7. The van der Waals surface area contributed by atoms with Gasteiger partial charge in [0.15, 0.2) is 0 Å². The van der Waals surface area contributed by atoms with Gasteiger partial charge in [0.25, 0.3) is 0 Å². The third-order valence-corrected chi connectivity index (χ3v) is 6.04. The number of aliphatic hydroxyl groups excluding tert-OH is 1. The number of piperazine rings is 1. The highest BCUT2D eigenvalue weighted by Gasteiger charge is 2.37. The maximum Gasteiger partial charge on any atom is 0.128 e. The molecule has 2 aliphatic heterocycles. The van der Waals surface area contributed by atoms with Crippen molar-refractivity contribution in [3.63, 3.8) is 0 Å².